The molecular weight excluding hydrogens is 428 g/mol. The zero-order valence-corrected chi connectivity index (χ0v) is 19.2. The fourth-order valence-electron chi connectivity index (χ4n) is 3.17. The van der Waals surface area contributed by atoms with Gasteiger partial charge in [0.2, 0.25) is 0 Å². The van der Waals surface area contributed by atoms with Crippen LogP contribution >= 0.6 is 0 Å². The zero-order valence-electron chi connectivity index (χ0n) is 18.4. The van der Waals surface area contributed by atoms with Crippen molar-refractivity contribution in [3.05, 3.63) is 82.9 Å². The summed E-state index contributed by atoms with van der Waals surface area (Å²) in [5.74, 6) is 0.921. The molecule has 0 aromatic heterocycles. The molecule has 3 aromatic rings. The lowest BCUT2D eigenvalue weighted by molar-refractivity contribution is 0.0951. The Balaban J connectivity index is 1.66. The van der Waals surface area contributed by atoms with E-state index in [-0.39, 0.29) is 10.8 Å². The highest BCUT2D eigenvalue weighted by atomic mass is 32.2. The van der Waals surface area contributed by atoms with E-state index in [0.717, 1.165) is 11.1 Å². The molecular formula is C24H26N2O5S. The first-order chi connectivity index (χ1) is 15.2. The summed E-state index contributed by atoms with van der Waals surface area (Å²) in [6, 6.07) is 17.0. The monoisotopic (exact) mass is 454 g/mol. The molecule has 7 nitrogen and oxygen atoms in total. The van der Waals surface area contributed by atoms with Gasteiger partial charge in [0.1, 0.15) is 0 Å². The first-order valence-corrected chi connectivity index (χ1v) is 11.4. The number of ether oxygens (including phenoxy) is 2. The van der Waals surface area contributed by atoms with Crippen molar-refractivity contribution in [3.63, 3.8) is 0 Å². The van der Waals surface area contributed by atoms with E-state index in [2.05, 4.69) is 10.0 Å². The van der Waals surface area contributed by atoms with Crippen molar-refractivity contribution in [1.29, 1.82) is 0 Å². The highest BCUT2D eigenvalue weighted by Crippen LogP contribution is 2.27. The normalized spacial score (nSPS) is 11.0. The summed E-state index contributed by atoms with van der Waals surface area (Å²) in [6.07, 6.45) is 0. The number of carbonyl (C=O) groups is 1. The molecule has 0 spiro atoms. The van der Waals surface area contributed by atoms with Gasteiger partial charge in [-0.25, -0.2) is 8.42 Å². The number of amides is 1. The summed E-state index contributed by atoms with van der Waals surface area (Å²) in [5, 5.41) is 2.84. The van der Waals surface area contributed by atoms with Gasteiger partial charge in [-0.2, -0.15) is 0 Å². The summed E-state index contributed by atoms with van der Waals surface area (Å²) in [7, 11) is -0.618. The van der Waals surface area contributed by atoms with Crippen LogP contribution in [0.25, 0.3) is 0 Å². The van der Waals surface area contributed by atoms with Crippen molar-refractivity contribution < 1.29 is 22.7 Å². The standard InChI is InChI=1S/C24H26N2O5S/c1-16-5-6-17(2)23(13-16)32(28,29)26-20-10-8-19(9-11-20)24(27)25-15-18-7-12-21(30-3)22(14-18)31-4/h5-14,26H,15H2,1-4H3,(H,25,27). The largest absolute Gasteiger partial charge is 0.493 e. The maximum absolute atomic E-state index is 12.7. The van der Waals surface area contributed by atoms with Crippen LogP contribution in [0.1, 0.15) is 27.0 Å². The van der Waals surface area contributed by atoms with Crippen molar-refractivity contribution in [3.8, 4) is 11.5 Å². The van der Waals surface area contributed by atoms with Crippen LogP contribution in [0.4, 0.5) is 5.69 Å². The van der Waals surface area contributed by atoms with Gasteiger partial charge >= 0.3 is 0 Å². The molecule has 0 heterocycles. The van der Waals surface area contributed by atoms with Crippen molar-refractivity contribution in [2.75, 3.05) is 18.9 Å². The van der Waals surface area contributed by atoms with E-state index < -0.39 is 10.0 Å². The minimum atomic E-state index is -3.73. The number of methoxy groups -OCH3 is 2. The molecule has 0 aliphatic rings. The number of carbonyl (C=O) groups excluding carboxylic acids is 1. The van der Waals surface area contributed by atoms with Gasteiger partial charge in [0.25, 0.3) is 15.9 Å². The Morgan fingerprint density at radius 1 is 0.875 bits per heavy atom. The molecule has 0 fully saturated rings. The third-order valence-electron chi connectivity index (χ3n) is 4.93. The average molecular weight is 455 g/mol. The molecule has 0 saturated carbocycles. The first-order valence-electron chi connectivity index (χ1n) is 9.92. The second-order valence-corrected chi connectivity index (χ2v) is 8.97. The minimum Gasteiger partial charge on any atom is -0.493 e. The Labute approximate surface area is 188 Å². The molecule has 3 aromatic carbocycles. The van der Waals surface area contributed by atoms with E-state index in [9.17, 15) is 13.2 Å². The second kappa shape index (κ2) is 9.74. The Morgan fingerprint density at radius 2 is 1.56 bits per heavy atom. The van der Waals surface area contributed by atoms with E-state index >= 15 is 0 Å². The number of hydrogen-bond donors (Lipinski definition) is 2. The smallest absolute Gasteiger partial charge is 0.262 e. The minimum absolute atomic E-state index is 0.231. The zero-order chi connectivity index (χ0) is 23.3. The number of sulfonamides is 1. The maximum Gasteiger partial charge on any atom is 0.262 e. The average Bonchev–Trinajstić information content (AvgIpc) is 2.79. The van der Waals surface area contributed by atoms with Crippen molar-refractivity contribution in [2.24, 2.45) is 0 Å². The van der Waals surface area contributed by atoms with E-state index in [4.69, 9.17) is 9.47 Å². The SMILES string of the molecule is COc1ccc(CNC(=O)c2ccc(NS(=O)(=O)c3cc(C)ccc3C)cc2)cc1OC. The number of benzene rings is 3. The van der Waals surface area contributed by atoms with Crippen LogP contribution < -0.4 is 19.5 Å². The predicted octanol–water partition coefficient (Wildman–Crippen LogP) is 4.05. The van der Waals surface area contributed by atoms with Gasteiger partial charge in [-0.05, 0) is 73.0 Å². The second-order valence-electron chi connectivity index (χ2n) is 7.32. The van der Waals surface area contributed by atoms with Crippen LogP contribution in [0.3, 0.4) is 0 Å². The fourth-order valence-corrected chi connectivity index (χ4v) is 4.56. The van der Waals surface area contributed by atoms with E-state index in [1.54, 1.807) is 69.7 Å². The van der Waals surface area contributed by atoms with Crippen LogP contribution in [-0.2, 0) is 16.6 Å². The molecule has 0 aliphatic heterocycles. The molecule has 0 saturated heterocycles. The maximum atomic E-state index is 12.7. The van der Waals surface area contributed by atoms with Gasteiger partial charge in [0.05, 0.1) is 19.1 Å². The number of rotatable bonds is 8. The summed E-state index contributed by atoms with van der Waals surface area (Å²) in [4.78, 5) is 12.7. The Morgan fingerprint density at radius 3 is 2.22 bits per heavy atom. The lowest BCUT2D eigenvalue weighted by atomic mass is 10.1. The van der Waals surface area contributed by atoms with E-state index in [1.165, 1.54) is 0 Å². The summed E-state index contributed by atoms with van der Waals surface area (Å²) in [6.45, 7) is 3.90. The Bertz CT molecular complexity index is 1220. The topological polar surface area (TPSA) is 93.7 Å². The highest BCUT2D eigenvalue weighted by molar-refractivity contribution is 7.92. The van der Waals surface area contributed by atoms with Gasteiger partial charge in [-0.1, -0.05) is 18.2 Å². The summed E-state index contributed by atoms with van der Waals surface area (Å²) >= 11 is 0. The van der Waals surface area contributed by atoms with Crippen molar-refractivity contribution >= 4 is 21.6 Å². The number of aryl methyl sites for hydroxylation is 2. The summed E-state index contributed by atoms with van der Waals surface area (Å²) < 4.78 is 38.5. The molecule has 0 aliphatic carbocycles. The molecule has 8 heteroatoms. The van der Waals surface area contributed by atoms with Crippen molar-refractivity contribution in [2.45, 2.75) is 25.3 Å². The lowest BCUT2D eigenvalue weighted by Gasteiger charge is -2.12. The van der Waals surface area contributed by atoms with Gasteiger partial charge < -0.3 is 14.8 Å². The van der Waals surface area contributed by atoms with Crippen LogP contribution in [0.2, 0.25) is 0 Å². The molecule has 3 rings (SSSR count). The molecule has 1 amide bonds. The van der Waals surface area contributed by atoms with Crippen LogP contribution in [0.15, 0.2) is 65.6 Å². The van der Waals surface area contributed by atoms with Gasteiger partial charge in [-0.15, -0.1) is 0 Å². The number of nitrogens with one attached hydrogen (secondary N) is 2. The fraction of sp³-hybridized carbons (Fsp3) is 0.208. The Hall–Kier alpha value is -3.52. The quantitative estimate of drug-likeness (QED) is 0.536. The van der Waals surface area contributed by atoms with Crippen molar-refractivity contribution in [1.82, 2.24) is 5.32 Å². The molecule has 0 unspecified atom stereocenters. The number of hydrogen-bond acceptors (Lipinski definition) is 5. The van der Waals surface area contributed by atoms with Gasteiger partial charge in [-0.3, -0.25) is 9.52 Å². The third-order valence-corrected chi connectivity index (χ3v) is 6.46. The van der Waals surface area contributed by atoms with Crippen LogP contribution in [0, 0.1) is 13.8 Å². The highest BCUT2D eigenvalue weighted by Gasteiger charge is 2.17. The molecule has 2 N–H and O–H groups in total. The first kappa shape index (κ1) is 23.1. The molecule has 32 heavy (non-hydrogen) atoms. The van der Waals surface area contributed by atoms with Gasteiger partial charge in [0, 0.05) is 17.8 Å². The molecule has 0 radical (unpaired) electrons. The van der Waals surface area contributed by atoms with Gasteiger partial charge in [0.15, 0.2) is 11.5 Å². The summed E-state index contributed by atoms with van der Waals surface area (Å²) in [5.41, 5.74) is 3.17. The van der Waals surface area contributed by atoms with Crippen LogP contribution in [0.5, 0.6) is 11.5 Å². The van der Waals surface area contributed by atoms with E-state index in [0.29, 0.717) is 34.9 Å². The van der Waals surface area contributed by atoms with Crippen LogP contribution in [-0.4, -0.2) is 28.5 Å². The predicted molar refractivity (Wildman–Crippen MR) is 124 cm³/mol. The third kappa shape index (κ3) is 5.39. The molecule has 0 atom stereocenters. The number of anilines is 1. The lowest BCUT2D eigenvalue weighted by Crippen LogP contribution is -2.22. The molecule has 0 bridgehead atoms. The Kier molecular flexibility index (Phi) is 7.05. The molecule has 168 valence electrons. The van der Waals surface area contributed by atoms with E-state index in [1.807, 2.05) is 19.1 Å².